The molecule has 3 heterocycles. The molecular formula is C15H15N5OS. The maximum atomic E-state index is 6.20. The van der Waals surface area contributed by atoms with Crippen LogP contribution in [0.3, 0.4) is 0 Å². The average molecular weight is 313 g/mol. The van der Waals surface area contributed by atoms with Gasteiger partial charge in [0.25, 0.3) is 0 Å². The van der Waals surface area contributed by atoms with Crippen LogP contribution in [0.5, 0.6) is 0 Å². The van der Waals surface area contributed by atoms with E-state index in [1.165, 1.54) is 0 Å². The highest BCUT2D eigenvalue weighted by molar-refractivity contribution is 7.13. The van der Waals surface area contributed by atoms with Crippen molar-refractivity contribution in [2.45, 2.75) is 31.2 Å². The highest BCUT2D eigenvalue weighted by Crippen LogP contribution is 2.37. The Morgan fingerprint density at radius 2 is 2.18 bits per heavy atom. The van der Waals surface area contributed by atoms with Crippen LogP contribution in [0.4, 0.5) is 0 Å². The third-order valence-corrected chi connectivity index (χ3v) is 4.84. The Morgan fingerprint density at radius 3 is 2.91 bits per heavy atom. The minimum absolute atomic E-state index is 0.386. The van der Waals surface area contributed by atoms with Crippen molar-refractivity contribution >= 4 is 11.3 Å². The lowest BCUT2D eigenvalue weighted by Gasteiger charge is -2.34. The Morgan fingerprint density at radius 1 is 1.27 bits per heavy atom. The molecule has 0 unspecified atom stereocenters. The quantitative estimate of drug-likeness (QED) is 0.796. The van der Waals surface area contributed by atoms with E-state index in [0.29, 0.717) is 18.1 Å². The summed E-state index contributed by atoms with van der Waals surface area (Å²) in [4.78, 5) is 13.3. The van der Waals surface area contributed by atoms with Gasteiger partial charge < -0.3 is 10.3 Å². The number of pyridine rings is 1. The van der Waals surface area contributed by atoms with Crippen molar-refractivity contribution in [1.29, 1.82) is 0 Å². The van der Waals surface area contributed by atoms with E-state index in [0.717, 1.165) is 35.7 Å². The average Bonchev–Trinajstić information content (AvgIpc) is 3.16. The number of thiazole rings is 1. The molecule has 112 valence electrons. The summed E-state index contributed by atoms with van der Waals surface area (Å²) in [6.45, 7) is 0. The minimum Gasteiger partial charge on any atom is -0.339 e. The Hall–Kier alpha value is -2.12. The summed E-state index contributed by atoms with van der Waals surface area (Å²) in [7, 11) is 0. The maximum Gasteiger partial charge on any atom is 0.232 e. The van der Waals surface area contributed by atoms with Crippen LogP contribution in [0.15, 0.2) is 34.3 Å². The minimum atomic E-state index is -0.386. The lowest BCUT2D eigenvalue weighted by atomic mass is 9.77. The molecule has 7 heteroatoms. The topological polar surface area (TPSA) is 90.7 Å². The van der Waals surface area contributed by atoms with Crippen LogP contribution >= 0.6 is 11.3 Å². The largest absolute Gasteiger partial charge is 0.339 e. The van der Waals surface area contributed by atoms with E-state index >= 15 is 0 Å². The molecular weight excluding hydrogens is 298 g/mol. The molecule has 0 aromatic carbocycles. The van der Waals surface area contributed by atoms with Crippen LogP contribution < -0.4 is 5.73 Å². The molecule has 6 nitrogen and oxygen atoms in total. The van der Waals surface area contributed by atoms with Gasteiger partial charge in [0.15, 0.2) is 5.82 Å². The van der Waals surface area contributed by atoms with Gasteiger partial charge in [-0.05, 0) is 31.4 Å². The van der Waals surface area contributed by atoms with Gasteiger partial charge >= 0.3 is 0 Å². The molecule has 0 spiro atoms. The van der Waals surface area contributed by atoms with Gasteiger partial charge in [0.2, 0.25) is 5.89 Å². The van der Waals surface area contributed by atoms with Crippen LogP contribution in [0.25, 0.3) is 10.7 Å². The number of rotatable bonds is 4. The maximum absolute atomic E-state index is 6.20. The van der Waals surface area contributed by atoms with Gasteiger partial charge in [-0.2, -0.15) is 4.98 Å². The first-order chi connectivity index (χ1) is 10.7. The third-order valence-electron chi connectivity index (χ3n) is 3.93. The van der Waals surface area contributed by atoms with E-state index in [-0.39, 0.29) is 5.54 Å². The van der Waals surface area contributed by atoms with Gasteiger partial charge in [0, 0.05) is 11.6 Å². The van der Waals surface area contributed by atoms with Crippen molar-refractivity contribution in [2.75, 3.05) is 0 Å². The predicted molar refractivity (Wildman–Crippen MR) is 82.2 cm³/mol. The summed E-state index contributed by atoms with van der Waals surface area (Å²) in [5.74, 6) is 1.18. The monoisotopic (exact) mass is 313 g/mol. The fourth-order valence-corrected chi connectivity index (χ4v) is 3.26. The molecule has 0 radical (unpaired) electrons. The second-order valence-corrected chi connectivity index (χ2v) is 6.42. The van der Waals surface area contributed by atoms with E-state index < -0.39 is 0 Å². The predicted octanol–water partition coefficient (Wildman–Crippen LogP) is 2.52. The van der Waals surface area contributed by atoms with Crippen LogP contribution in [0, 0.1) is 0 Å². The molecule has 2 N–H and O–H groups in total. The standard InChI is InChI=1S/C15H15N5OS/c16-15(5-3-6-15)14-19-12(21-20-14)8-10-9-22-13(18-10)11-4-1-2-7-17-11/h1-2,4,7,9H,3,5-6,8,16H2. The van der Waals surface area contributed by atoms with Gasteiger partial charge in [-0.1, -0.05) is 11.2 Å². The molecule has 0 aliphatic heterocycles. The van der Waals surface area contributed by atoms with Gasteiger partial charge in [-0.15, -0.1) is 11.3 Å². The van der Waals surface area contributed by atoms with Crippen molar-refractivity contribution in [3.05, 3.63) is 47.2 Å². The first kappa shape index (κ1) is 13.5. The Kier molecular flexibility index (Phi) is 3.24. The summed E-state index contributed by atoms with van der Waals surface area (Å²) in [6.07, 6.45) is 5.26. The van der Waals surface area contributed by atoms with Crippen LogP contribution in [0.2, 0.25) is 0 Å². The zero-order valence-corrected chi connectivity index (χ0v) is 12.7. The summed E-state index contributed by atoms with van der Waals surface area (Å²) in [6, 6.07) is 5.79. The molecule has 1 saturated carbocycles. The molecule has 3 aromatic rings. The molecule has 4 rings (SSSR count). The van der Waals surface area contributed by atoms with E-state index in [1.807, 2.05) is 23.6 Å². The molecule has 0 amide bonds. The smallest absolute Gasteiger partial charge is 0.232 e. The first-order valence-corrected chi connectivity index (χ1v) is 8.09. The van der Waals surface area contributed by atoms with Crippen LogP contribution in [-0.4, -0.2) is 20.1 Å². The third kappa shape index (κ3) is 2.42. The first-order valence-electron chi connectivity index (χ1n) is 7.21. The number of nitrogens with two attached hydrogens (primary N) is 1. The Balaban J connectivity index is 1.51. The van der Waals surface area contributed by atoms with Gasteiger partial charge in [0.05, 0.1) is 23.3 Å². The fourth-order valence-electron chi connectivity index (χ4n) is 2.46. The van der Waals surface area contributed by atoms with Crippen molar-refractivity contribution in [3.63, 3.8) is 0 Å². The molecule has 0 bridgehead atoms. The SMILES string of the molecule is NC1(c2noc(Cc3csc(-c4ccccn4)n3)n2)CCC1. The number of hydrogen-bond donors (Lipinski definition) is 1. The van der Waals surface area contributed by atoms with E-state index in [9.17, 15) is 0 Å². The number of hydrogen-bond acceptors (Lipinski definition) is 7. The highest BCUT2D eigenvalue weighted by Gasteiger charge is 2.38. The summed E-state index contributed by atoms with van der Waals surface area (Å²) in [5.41, 5.74) is 7.60. The van der Waals surface area contributed by atoms with E-state index in [1.54, 1.807) is 17.5 Å². The van der Waals surface area contributed by atoms with Gasteiger partial charge in [-0.25, -0.2) is 4.98 Å². The van der Waals surface area contributed by atoms with Crippen LogP contribution in [-0.2, 0) is 12.0 Å². The summed E-state index contributed by atoms with van der Waals surface area (Å²) in [5, 5.41) is 6.91. The van der Waals surface area contributed by atoms with E-state index in [2.05, 4.69) is 20.1 Å². The summed E-state index contributed by atoms with van der Waals surface area (Å²) < 4.78 is 5.31. The van der Waals surface area contributed by atoms with Crippen molar-refractivity contribution in [3.8, 4) is 10.7 Å². The van der Waals surface area contributed by atoms with Crippen molar-refractivity contribution in [2.24, 2.45) is 5.73 Å². The van der Waals surface area contributed by atoms with Gasteiger partial charge in [0.1, 0.15) is 5.01 Å². The lowest BCUT2D eigenvalue weighted by molar-refractivity contribution is 0.229. The normalized spacial score (nSPS) is 16.4. The van der Waals surface area contributed by atoms with E-state index in [4.69, 9.17) is 10.3 Å². The summed E-state index contributed by atoms with van der Waals surface area (Å²) >= 11 is 1.56. The van der Waals surface area contributed by atoms with Crippen molar-refractivity contribution in [1.82, 2.24) is 20.1 Å². The Labute approximate surface area is 131 Å². The Bertz CT molecular complexity index is 778. The fraction of sp³-hybridized carbons (Fsp3) is 0.333. The molecule has 3 aromatic heterocycles. The zero-order valence-electron chi connectivity index (χ0n) is 11.9. The second-order valence-electron chi connectivity index (χ2n) is 5.56. The number of aromatic nitrogens is 4. The molecule has 0 saturated heterocycles. The molecule has 1 aliphatic rings. The molecule has 1 aliphatic carbocycles. The highest BCUT2D eigenvalue weighted by atomic mass is 32.1. The second kappa shape index (κ2) is 5.26. The molecule has 1 fully saturated rings. The number of nitrogens with zero attached hydrogens (tertiary/aromatic N) is 4. The molecule has 0 atom stereocenters. The lowest BCUT2D eigenvalue weighted by Crippen LogP contribution is -2.44. The van der Waals surface area contributed by atoms with Crippen molar-refractivity contribution < 1.29 is 4.52 Å². The van der Waals surface area contributed by atoms with Crippen LogP contribution in [0.1, 0.15) is 36.7 Å². The van der Waals surface area contributed by atoms with Gasteiger partial charge in [-0.3, -0.25) is 4.98 Å². The molecule has 22 heavy (non-hydrogen) atoms. The zero-order chi connectivity index (χ0) is 15.0.